The first kappa shape index (κ1) is 17.9. The average Bonchev–Trinajstić information content (AvgIpc) is 3.30. The van der Waals surface area contributed by atoms with Crippen LogP contribution in [0.25, 0.3) is 11.0 Å². The zero-order valence-electron chi connectivity index (χ0n) is 15.5. The van der Waals surface area contributed by atoms with E-state index in [1.807, 2.05) is 17.7 Å². The number of hydrogen-bond donors (Lipinski definition) is 2. The third-order valence-corrected chi connectivity index (χ3v) is 4.67. The van der Waals surface area contributed by atoms with E-state index < -0.39 is 0 Å². The van der Waals surface area contributed by atoms with Gasteiger partial charge < -0.3 is 10.4 Å². The van der Waals surface area contributed by atoms with E-state index in [0.717, 1.165) is 29.6 Å². The van der Waals surface area contributed by atoms with E-state index in [9.17, 15) is 9.90 Å². The first-order valence-electron chi connectivity index (χ1n) is 9.21. The fourth-order valence-corrected chi connectivity index (χ4v) is 3.22. The monoisotopic (exact) mass is 344 g/mol. The van der Waals surface area contributed by atoms with Gasteiger partial charge in [-0.1, -0.05) is 6.92 Å². The first-order valence-corrected chi connectivity index (χ1v) is 9.21. The largest absolute Gasteiger partial charge is 0.393 e. The molecular formula is C19H28N4O2. The average molecular weight is 344 g/mol. The van der Waals surface area contributed by atoms with Crippen molar-refractivity contribution in [3.05, 3.63) is 23.5 Å². The minimum atomic E-state index is -0.356. The van der Waals surface area contributed by atoms with Gasteiger partial charge in [0.25, 0.3) is 5.91 Å². The van der Waals surface area contributed by atoms with Crippen molar-refractivity contribution in [2.75, 3.05) is 6.54 Å². The quantitative estimate of drug-likeness (QED) is 0.809. The van der Waals surface area contributed by atoms with E-state index in [1.54, 1.807) is 13.1 Å². The lowest BCUT2D eigenvalue weighted by Gasteiger charge is -2.15. The van der Waals surface area contributed by atoms with Crippen LogP contribution in [0.2, 0.25) is 0 Å². The van der Waals surface area contributed by atoms with Crippen molar-refractivity contribution in [1.29, 1.82) is 0 Å². The van der Waals surface area contributed by atoms with Gasteiger partial charge in [-0.15, -0.1) is 0 Å². The van der Waals surface area contributed by atoms with E-state index in [4.69, 9.17) is 4.98 Å². The molecule has 0 saturated heterocycles. The number of carbonyl (C=O) groups excluding carboxylic acids is 1. The van der Waals surface area contributed by atoms with Crippen molar-refractivity contribution in [3.63, 3.8) is 0 Å². The molecule has 3 rings (SSSR count). The molecule has 1 saturated carbocycles. The SMILES string of the molecule is CC(O)CC(C)CNC(=O)c1cc(C2CC2)nc2c1cnn2C(C)C. The van der Waals surface area contributed by atoms with Crippen molar-refractivity contribution >= 4 is 16.9 Å². The Hall–Kier alpha value is -1.95. The van der Waals surface area contributed by atoms with Crippen LogP contribution in [0, 0.1) is 5.92 Å². The van der Waals surface area contributed by atoms with Gasteiger partial charge in [-0.2, -0.15) is 5.10 Å². The number of hydrogen-bond acceptors (Lipinski definition) is 4. The molecule has 6 heteroatoms. The number of rotatable bonds is 7. The molecule has 1 fully saturated rings. The highest BCUT2D eigenvalue weighted by Crippen LogP contribution is 2.40. The lowest BCUT2D eigenvalue weighted by atomic mass is 10.0. The number of aliphatic hydroxyl groups is 1. The number of nitrogens with one attached hydrogen (secondary N) is 1. The molecular weight excluding hydrogens is 316 g/mol. The van der Waals surface area contributed by atoms with Crippen LogP contribution in [0.5, 0.6) is 0 Å². The number of fused-ring (bicyclic) bond motifs is 1. The van der Waals surface area contributed by atoms with Crippen LogP contribution < -0.4 is 5.32 Å². The van der Waals surface area contributed by atoms with Crippen LogP contribution in [0.3, 0.4) is 0 Å². The second kappa shape index (κ2) is 7.12. The third-order valence-electron chi connectivity index (χ3n) is 4.67. The molecule has 2 aromatic rings. The fraction of sp³-hybridized carbons (Fsp3) is 0.632. The standard InChI is InChI=1S/C19H28N4O2/c1-11(2)23-18-16(10-21-23)15(8-17(22-18)14-5-6-14)19(25)20-9-12(3)7-13(4)24/h8,10-14,24H,5-7,9H2,1-4H3,(H,20,25). The number of pyridine rings is 1. The Morgan fingerprint density at radius 3 is 2.68 bits per heavy atom. The van der Waals surface area contributed by atoms with Gasteiger partial charge in [0, 0.05) is 24.2 Å². The number of nitrogens with zero attached hydrogens (tertiary/aromatic N) is 3. The Morgan fingerprint density at radius 1 is 1.36 bits per heavy atom. The number of carbonyl (C=O) groups is 1. The minimum absolute atomic E-state index is 0.0879. The van der Waals surface area contributed by atoms with Crippen LogP contribution >= 0.6 is 0 Å². The molecule has 136 valence electrons. The number of aromatic nitrogens is 3. The van der Waals surface area contributed by atoms with Gasteiger partial charge in [0.05, 0.1) is 23.3 Å². The summed E-state index contributed by atoms with van der Waals surface area (Å²) in [6, 6.07) is 2.13. The highest BCUT2D eigenvalue weighted by atomic mass is 16.3. The Labute approximate surface area is 148 Å². The second-order valence-electron chi connectivity index (χ2n) is 7.69. The zero-order valence-corrected chi connectivity index (χ0v) is 15.5. The molecule has 0 spiro atoms. The molecule has 2 heterocycles. The summed E-state index contributed by atoms with van der Waals surface area (Å²) in [7, 11) is 0. The molecule has 2 aromatic heterocycles. The fourth-order valence-electron chi connectivity index (χ4n) is 3.22. The van der Waals surface area contributed by atoms with Gasteiger partial charge in [0.2, 0.25) is 0 Å². The maximum Gasteiger partial charge on any atom is 0.252 e. The summed E-state index contributed by atoms with van der Waals surface area (Å²) >= 11 is 0. The topological polar surface area (TPSA) is 80.0 Å². The summed E-state index contributed by atoms with van der Waals surface area (Å²) in [6.07, 6.45) is 4.34. The molecule has 0 radical (unpaired) electrons. The Balaban J connectivity index is 1.87. The zero-order chi connectivity index (χ0) is 18.1. The summed E-state index contributed by atoms with van der Waals surface area (Å²) in [4.78, 5) is 17.6. The summed E-state index contributed by atoms with van der Waals surface area (Å²) in [5, 5.41) is 17.7. The van der Waals surface area contributed by atoms with E-state index >= 15 is 0 Å². The molecule has 2 N–H and O–H groups in total. The van der Waals surface area contributed by atoms with Crippen molar-refractivity contribution in [2.45, 2.75) is 65.0 Å². The smallest absolute Gasteiger partial charge is 0.252 e. The third kappa shape index (κ3) is 4.00. The molecule has 1 aliphatic carbocycles. The van der Waals surface area contributed by atoms with E-state index in [-0.39, 0.29) is 24.0 Å². The molecule has 0 bridgehead atoms. The number of aliphatic hydroxyl groups excluding tert-OH is 1. The summed E-state index contributed by atoms with van der Waals surface area (Å²) in [6.45, 7) is 8.48. The van der Waals surface area contributed by atoms with Gasteiger partial charge >= 0.3 is 0 Å². The summed E-state index contributed by atoms with van der Waals surface area (Å²) < 4.78 is 1.88. The minimum Gasteiger partial charge on any atom is -0.393 e. The Kier molecular flexibility index (Phi) is 5.08. The van der Waals surface area contributed by atoms with Gasteiger partial charge in [0.1, 0.15) is 0 Å². The first-order chi connectivity index (χ1) is 11.9. The van der Waals surface area contributed by atoms with Crippen molar-refractivity contribution < 1.29 is 9.90 Å². The molecule has 2 unspecified atom stereocenters. The van der Waals surface area contributed by atoms with Gasteiger partial charge in [-0.25, -0.2) is 9.67 Å². The maximum absolute atomic E-state index is 12.8. The molecule has 0 aromatic carbocycles. The van der Waals surface area contributed by atoms with Crippen LogP contribution in [0.1, 0.15) is 75.0 Å². The van der Waals surface area contributed by atoms with E-state index in [1.165, 1.54) is 0 Å². The molecule has 6 nitrogen and oxygen atoms in total. The predicted molar refractivity (Wildman–Crippen MR) is 97.7 cm³/mol. The van der Waals surface area contributed by atoms with Crippen LogP contribution in [-0.4, -0.2) is 38.4 Å². The van der Waals surface area contributed by atoms with Crippen molar-refractivity contribution in [1.82, 2.24) is 20.1 Å². The highest BCUT2D eigenvalue weighted by Gasteiger charge is 2.28. The molecule has 1 aliphatic rings. The van der Waals surface area contributed by atoms with E-state index in [2.05, 4.69) is 24.3 Å². The van der Waals surface area contributed by atoms with Crippen LogP contribution in [0.15, 0.2) is 12.3 Å². The Morgan fingerprint density at radius 2 is 2.08 bits per heavy atom. The Bertz CT molecular complexity index is 762. The molecule has 0 aliphatic heterocycles. The normalized spacial score (nSPS) is 17.0. The van der Waals surface area contributed by atoms with Gasteiger partial charge in [-0.05, 0) is 52.0 Å². The van der Waals surface area contributed by atoms with Crippen molar-refractivity contribution in [3.8, 4) is 0 Å². The molecule has 1 amide bonds. The van der Waals surface area contributed by atoms with Gasteiger partial charge in [0.15, 0.2) is 5.65 Å². The van der Waals surface area contributed by atoms with Crippen LogP contribution in [0.4, 0.5) is 0 Å². The predicted octanol–water partition coefficient (Wildman–Crippen LogP) is 3.03. The lowest BCUT2D eigenvalue weighted by Crippen LogP contribution is -2.29. The highest BCUT2D eigenvalue weighted by molar-refractivity contribution is 6.05. The maximum atomic E-state index is 12.8. The summed E-state index contributed by atoms with van der Waals surface area (Å²) in [5.41, 5.74) is 2.45. The number of amides is 1. The van der Waals surface area contributed by atoms with E-state index in [0.29, 0.717) is 24.4 Å². The lowest BCUT2D eigenvalue weighted by molar-refractivity contribution is 0.0941. The molecule has 2 atom stereocenters. The molecule has 25 heavy (non-hydrogen) atoms. The van der Waals surface area contributed by atoms with Crippen LogP contribution in [-0.2, 0) is 0 Å². The second-order valence-corrected chi connectivity index (χ2v) is 7.69. The van der Waals surface area contributed by atoms with Crippen molar-refractivity contribution in [2.24, 2.45) is 5.92 Å². The van der Waals surface area contributed by atoms with Gasteiger partial charge in [-0.3, -0.25) is 4.79 Å². The summed E-state index contributed by atoms with van der Waals surface area (Å²) in [5.74, 6) is 0.609.